The lowest BCUT2D eigenvalue weighted by molar-refractivity contribution is -0.131. The van der Waals surface area contributed by atoms with Gasteiger partial charge in [-0.15, -0.1) is 0 Å². The number of aliphatic hydroxyl groups excluding tert-OH is 1. The quantitative estimate of drug-likeness (QED) is 0.848. The van der Waals surface area contributed by atoms with Gasteiger partial charge in [-0.05, 0) is 38.5 Å². The minimum Gasteiger partial charge on any atom is -0.486 e. The number of amides is 1. The number of hydrogen-bond acceptors (Lipinski definition) is 4. The van der Waals surface area contributed by atoms with Crippen LogP contribution in [0.3, 0.4) is 0 Å². The third-order valence-corrected chi connectivity index (χ3v) is 2.63. The molecule has 1 aromatic carbocycles. The first kappa shape index (κ1) is 13.7. The molecule has 0 aliphatic carbocycles. The third-order valence-electron chi connectivity index (χ3n) is 2.63. The van der Waals surface area contributed by atoms with E-state index in [2.05, 4.69) is 5.32 Å². The molecule has 0 fully saturated rings. The van der Waals surface area contributed by atoms with Gasteiger partial charge in [-0.25, -0.2) is 0 Å². The summed E-state index contributed by atoms with van der Waals surface area (Å²) in [6, 6.07) is 5.01. The Morgan fingerprint density at radius 2 is 1.89 bits per heavy atom. The lowest BCUT2D eigenvalue weighted by Crippen LogP contribution is -2.43. The molecule has 0 bridgehead atoms. The van der Waals surface area contributed by atoms with Gasteiger partial charge in [0.15, 0.2) is 17.6 Å². The number of nitrogens with one attached hydrogen (secondary N) is 1. The predicted octanol–water partition coefficient (Wildman–Crippen LogP) is 1.41. The highest BCUT2D eigenvalue weighted by Gasteiger charge is 2.23. The summed E-state index contributed by atoms with van der Waals surface area (Å²) >= 11 is 0. The molecule has 0 saturated carbocycles. The number of ether oxygens (including phenoxy) is 2. The Morgan fingerprint density at radius 3 is 2.53 bits per heavy atom. The zero-order valence-electron chi connectivity index (χ0n) is 11.4. The van der Waals surface area contributed by atoms with E-state index in [0.717, 1.165) is 0 Å². The molecule has 2 N–H and O–H groups in total. The summed E-state index contributed by atoms with van der Waals surface area (Å²) in [5, 5.41) is 12.8. The van der Waals surface area contributed by atoms with E-state index in [1.165, 1.54) is 0 Å². The normalized spacial score (nSPS) is 15.8. The van der Waals surface area contributed by atoms with E-state index < -0.39 is 12.0 Å². The molecule has 5 nitrogen and oxygen atoms in total. The zero-order chi connectivity index (χ0) is 14.0. The monoisotopic (exact) mass is 265 g/mol. The zero-order valence-corrected chi connectivity index (χ0v) is 11.4. The second-order valence-electron chi connectivity index (χ2n) is 5.54. The molecule has 19 heavy (non-hydrogen) atoms. The Bertz CT molecular complexity index is 479. The molecular weight excluding hydrogens is 246 g/mol. The predicted molar refractivity (Wildman–Crippen MR) is 70.3 cm³/mol. The van der Waals surface area contributed by atoms with Gasteiger partial charge in [0.2, 0.25) is 0 Å². The van der Waals surface area contributed by atoms with E-state index in [1.54, 1.807) is 18.2 Å². The van der Waals surface area contributed by atoms with E-state index in [-0.39, 0.29) is 5.54 Å². The van der Waals surface area contributed by atoms with Crippen molar-refractivity contribution in [3.8, 4) is 11.5 Å². The first-order valence-electron chi connectivity index (χ1n) is 6.26. The fraction of sp³-hybridized carbons (Fsp3) is 0.500. The maximum absolute atomic E-state index is 11.9. The number of carbonyl (C=O) groups is 1. The van der Waals surface area contributed by atoms with Crippen LogP contribution in [0.15, 0.2) is 18.2 Å². The summed E-state index contributed by atoms with van der Waals surface area (Å²) in [5.74, 6) is 0.772. The van der Waals surface area contributed by atoms with Crippen molar-refractivity contribution in [2.75, 3.05) is 13.2 Å². The molecule has 1 aliphatic rings. The highest BCUT2D eigenvalue weighted by Crippen LogP contribution is 2.32. The molecular formula is C14H19NO4. The summed E-state index contributed by atoms with van der Waals surface area (Å²) < 4.78 is 10.8. The van der Waals surface area contributed by atoms with E-state index in [4.69, 9.17) is 9.47 Å². The summed E-state index contributed by atoms with van der Waals surface area (Å²) in [7, 11) is 0. The molecule has 1 atom stereocenters. The summed E-state index contributed by atoms with van der Waals surface area (Å²) in [4.78, 5) is 11.9. The van der Waals surface area contributed by atoms with Crippen LogP contribution in [0.4, 0.5) is 0 Å². The number of hydrogen-bond donors (Lipinski definition) is 2. The fourth-order valence-corrected chi connectivity index (χ4v) is 1.82. The van der Waals surface area contributed by atoms with E-state index in [9.17, 15) is 9.90 Å². The average Bonchev–Trinajstić information content (AvgIpc) is 2.35. The van der Waals surface area contributed by atoms with Crippen molar-refractivity contribution in [3.63, 3.8) is 0 Å². The SMILES string of the molecule is CC(C)(C)NC(=O)C(O)c1ccc2c(c1)OCCO2. The topological polar surface area (TPSA) is 67.8 Å². The largest absolute Gasteiger partial charge is 0.486 e. The lowest BCUT2D eigenvalue weighted by Gasteiger charge is -2.24. The molecule has 1 heterocycles. The van der Waals surface area contributed by atoms with E-state index in [1.807, 2.05) is 20.8 Å². The highest BCUT2D eigenvalue weighted by atomic mass is 16.6. The number of rotatable bonds is 2. The number of aliphatic hydroxyl groups is 1. The van der Waals surface area contributed by atoms with Gasteiger partial charge < -0.3 is 19.9 Å². The van der Waals surface area contributed by atoms with Crippen LogP contribution in [0, 0.1) is 0 Å². The second-order valence-corrected chi connectivity index (χ2v) is 5.54. The van der Waals surface area contributed by atoms with Crippen molar-refractivity contribution < 1.29 is 19.4 Å². The summed E-state index contributed by atoms with van der Waals surface area (Å²) in [6.07, 6.45) is -1.21. The van der Waals surface area contributed by atoms with E-state index in [0.29, 0.717) is 30.3 Å². The van der Waals surface area contributed by atoms with Crippen LogP contribution in [-0.2, 0) is 4.79 Å². The molecule has 1 aliphatic heterocycles. The molecule has 5 heteroatoms. The van der Waals surface area contributed by atoms with Crippen LogP contribution in [-0.4, -0.2) is 29.8 Å². The Labute approximate surface area is 112 Å². The van der Waals surface area contributed by atoms with Gasteiger partial charge in [-0.2, -0.15) is 0 Å². The molecule has 1 aromatic rings. The Kier molecular flexibility index (Phi) is 3.66. The summed E-state index contributed by atoms with van der Waals surface area (Å²) in [6.45, 7) is 6.57. The van der Waals surface area contributed by atoms with Crippen LogP contribution in [0.5, 0.6) is 11.5 Å². The smallest absolute Gasteiger partial charge is 0.253 e. The van der Waals surface area contributed by atoms with Gasteiger partial charge in [0, 0.05) is 5.54 Å². The number of fused-ring (bicyclic) bond motifs is 1. The maximum Gasteiger partial charge on any atom is 0.253 e. The fourth-order valence-electron chi connectivity index (χ4n) is 1.82. The maximum atomic E-state index is 11.9. The number of carbonyl (C=O) groups excluding carboxylic acids is 1. The van der Waals surface area contributed by atoms with Crippen molar-refractivity contribution in [1.82, 2.24) is 5.32 Å². The molecule has 0 spiro atoms. The van der Waals surface area contributed by atoms with Crippen LogP contribution < -0.4 is 14.8 Å². The van der Waals surface area contributed by atoms with Gasteiger partial charge in [0.1, 0.15) is 13.2 Å². The van der Waals surface area contributed by atoms with Crippen molar-refractivity contribution in [2.24, 2.45) is 0 Å². The van der Waals surface area contributed by atoms with Crippen LogP contribution in [0.2, 0.25) is 0 Å². The summed E-state index contributed by atoms with van der Waals surface area (Å²) in [5.41, 5.74) is 0.109. The van der Waals surface area contributed by atoms with Crippen LogP contribution in [0.1, 0.15) is 32.4 Å². The van der Waals surface area contributed by atoms with Gasteiger partial charge in [0.25, 0.3) is 5.91 Å². The molecule has 104 valence electrons. The van der Waals surface area contributed by atoms with Crippen molar-refractivity contribution in [2.45, 2.75) is 32.4 Å². The molecule has 1 unspecified atom stereocenters. The van der Waals surface area contributed by atoms with Crippen LogP contribution in [0.25, 0.3) is 0 Å². The van der Waals surface area contributed by atoms with Gasteiger partial charge in [0.05, 0.1) is 0 Å². The average molecular weight is 265 g/mol. The molecule has 0 saturated heterocycles. The first-order valence-corrected chi connectivity index (χ1v) is 6.26. The molecule has 0 radical (unpaired) electrons. The van der Waals surface area contributed by atoms with Crippen molar-refractivity contribution >= 4 is 5.91 Å². The molecule has 1 amide bonds. The Hall–Kier alpha value is -1.75. The standard InChI is InChI=1S/C14H19NO4/c1-14(2,3)15-13(17)12(16)9-4-5-10-11(8-9)19-7-6-18-10/h4-5,8,12,16H,6-7H2,1-3H3,(H,15,17). The minimum absolute atomic E-state index is 0.383. The Balaban J connectivity index is 2.15. The van der Waals surface area contributed by atoms with Gasteiger partial charge in [-0.1, -0.05) is 6.07 Å². The van der Waals surface area contributed by atoms with Gasteiger partial charge >= 0.3 is 0 Å². The Morgan fingerprint density at radius 1 is 1.26 bits per heavy atom. The van der Waals surface area contributed by atoms with E-state index >= 15 is 0 Å². The van der Waals surface area contributed by atoms with Crippen molar-refractivity contribution in [1.29, 1.82) is 0 Å². The number of benzene rings is 1. The van der Waals surface area contributed by atoms with Crippen molar-refractivity contribution in [3.05, 3.63) is 23.8 Å². The highest BCUT2D eigenvalue weighted by molar-refractivity contribution is 5.82. The molecule has 2 rings (SSSR count). The first-order chi connectivity index (χ1) is 8.87. The minimum atomic E-state index is -1.21. The second kappa shape index (κ2) is 5.09. The van der Waals surface area contributed by atoms with Crippen LogP contribution >= 0.6 is 0 Å². The third kappa shape index (κ3) is 3.38. The molecule has 0 aromatic heterocycles. The van der Waals surface area contributed by atoms with Gasteiger partial charge in [-0.3, -0.25) is 4.79 Å². The lowest BCUT2D eigenvalue weighted by atomic mass is 10.0.